The number of nitrogens with one attached hydrogen (secondary N) is 2. The smallest absolute Gasteiger partial charge is 0.475 e. The number of imide groups is 1. The third-order valence-electron chi connectivity index (χ3n) is 5.45. The molecule has 3 N–H and O–H groups in total. The van der Waals surface area contributed by atoms with E-state index in [1.807, 2.05) is 12.1 Å². The molecule has 3 aliphatic rings. The van der Waals surface area contributed by atoms with Crippen LogP contribution in [0.1, 0.15) is 34.3 Å². The fourth-order valence-electron chi connectivity index (χ4n) is 3.85. The summed E-state index contributed by atoms with van der Waals surface area (Å²) in [4.78, 5) is 49.0. The molecule has 0 radical (unpaired) electrons. The quantitative estimate of drug-likeness (QED) is 0.567. The van der Waals surface area contributed by atoms with Gasteiger partial charge in [0.15, 0.2) is 0 Å². The van der Waals surface area contributed by atoms with Crippen molar-refractivity contribution >= 4 is 23.7 Å². The number of carboxylic acid groups (broad SMARTS) is 1. The van der Waals surface area contributed by atoms with Crippen molar-refractivity contribution in [2.24, 2.45) is 0 Å². The number of carbonyl (C=O) groups excluding carboxylic acids is 3. The standard InChI is InChI=1S/C18H22N4O3.C2HF3O2/c23-16-4-3-15(17(24)20-16)22-11-13-9-12(1-2-14(13)18(22)25)10-21-7-5-19-6-8-21;3-2(4,5)1(6)7/h1-2,9,15,19H,3-8,10-11H2,(H,20,23,24);(H,6,7). The largest absolute Gasteiger partial charge is 0.490 e. The van der Waals surface area contributed by atoms with Gasteiger partial charge in [-0.2, -0.15) is 13.2 Å². The number of piperidine rings is 1. The van der Waals surface area contributed by atoms with E-state index in [1.54, 1.807) is 4.90 Å². The summed E-state index contributed by atoms with van der Waals surface area (Å²) in [7, 11) is 0. The van der Waals surface area contributed by atoms with Gasteiger partial charge in [-0.05, 0) is 23.6 Å². The number of rotatable bonds is 3. The average molecular weight is 456 g/mol. The molecular formula is C20H23F3N4O5. The molecule has 1 aromatic rings. The highest BCUT2D eigenvalue weighted by Gasteiger charge is 2.39. The average Bonchev–Trinajstić information content (AvgIpc) is 3.04. The highest BCUT2D eigenvalue weighted by Crippen LogP contribution is 2.28. The Morgan fingerprint density at radius 3 is 2.41 bits per heavy atom. The van der Waals surface area contributed by atoms with Crippen molar-refractivity contribution in [2.75, 3.05) is 26.2 Å². The van der Waals surface area contributed by atoms with Crippen LogP contribution in [0.4, 0.5) is 13.2 Å². The minimum absolute atomic E-state index is 0.113. The number of benzene rings is 1. The molecule has 3 aliphatic heterocycles. The Morgan fingerprint density at radius 1 is 1.16 bits per heavy atom. The molecule has 0 aromatic heterocycles. The fourth-order valence-corrected chi connectivity index (χ4v) is 3.85. The van der Waals surface area contributed by atoms with Crippen LogP contribution in [0.5, 0.6) is 0 Å². The van der Waals surface area contributed by atoms with Crippen molar-refractivity contribution in [1.29, 1.82) is 0 Å². The van der Waals surface area contributed by atoms with Crippen molar-refractivity contribution in [3.05, 3.63) is 34.9 Å². The number of carbonyl (C=O) groups is 4. The van der Waals surface area contributed by atoms with Crippen molar-refractivity contribution in [3.63, 3.8) is 0 Å². The second-order valence-electron chi connectivity index (χ2n) is 7.72. The van der Waals surface area contributed by atoms with Crippen LogP contribution >= 0.6 is 0 Å². The Hall–Kier alpha value is -2.99. The Labute approximate surface area is 181 Å². The predicted octanol–water partition coefficient (Wildman–Crippen LogP) is 0.486. The van der Waals surface area contributed by atoms with Crippen molar-refractivity contribution in [2.45, 2.75) is 38.1 Å². The van der Waals surface area contributed by atoms with E-state index in [0.717, 1.165) is 38.3 Å². The van der Waals surface area contributed by atoms with Gasteiger partial charge in [0.2, 0.25) is 11.8 Å². The zero-order valence-electron chi connectivity index (χ0n) is 17.1. The first-order chi connectivity index (χ1) is 15.1. The van der Waals surface area contributed by atoms with E-state index >= 15 is 0 Å². The topological polar surface area (TPSA) is 119 Å². The Bertz CT molecular complexity index is 915. The van der Waals surface area contributed by atoms with Crippen molar-refractivity contribution in [3.8, 4) is 0 Å². The molecular weight excluding hydrogens is 433 g/mol. The first-order valence-electron chi connectivity index (χ1n) is 10.1. The molecule has 1 unspecified atom stereocenters. The summed E-state index contributed by atoms with van der Waals surface area (Å²) in [5, 5.41) is 12.8. The van der Waals surface area contributed by atoms with Gasteiger partial charge < -0.3 is 15.3 Å². The molecule has 4 rings (SSSR count). The number of hydrogen-bond acceptors (Lipinski definition) is 6. The van der Waals surface area contributed by atoms with E-state index in [4.69, 9.17) is 9.90 Å². The summed E-state index contributed by atoms with van der Waals surface area (Å²) in [5.74, 6) is -3.49. The second kappa shape index (κ2) is 9.65. The molecule has 0 aliphatic carbocycles. The number of nitrogens with zero attached hydrogens (tertiary/aromatic N) is 2. The SMILES string of the molecule is O=C(O)C(F)(F)F.O=C1CCC(N2Cc3cc(CN4CCNCC4)ccc3C2=O)C(=O)N1. The molecule has 9 nitrogen and oxygen atoms in total. The molecule has 174 valence electrons. The monoisotopic (exact) mass is 456 g/mol. The van der Waals surface area contributed by atoms with E-state index in [1.165, 1.54) is 5.56 Å². The van der Waals surface area contributed by atoms with Crippen LogP contribution in [-0.4, -0.2) is 77.0 Å². The third-order valence-corrected chi connectivity index (χ3v) is 5.45. The molecule has 2 saturated heterocycles. The molecule has 0 bridgehead atoms. The zero-order valence-corrected chi connectivity index (χ0v) is 17.1. The van der Waals surface area contributed by atoms with Crippen LogP contribution in [-0.2, 0) is 27.5 Å². The summed E-state index contributed by atoms with van der Waals surface area (Å²) in [5.41, 5.74) is 2.84. The number of halogens is 3. The minimum atomic E-state index is -5.08. The summed E-state index contributed by atoms with van der Waals surface area (Å²) < 4.78 is 31.7. The van der Waals surface area contributed by atoms with Gasteiger partial charge in [-0.3, -0.25) is 24.6 Å². The summed E-state index contributed by atoms with van der Waals surface area (Å²) in [6.07, 6.45) is -4.40. The normalized spacial score (nSPS) is 21.5. The molecule has 1 atom stereocenters. The van der Waals surface area contributed by atoms with Gasteiger partial charge in [0, 0.05) is 51.3 Å². The van der Waals surface area contributed by atoms with Gasteiger partial charge in [-0.1, -0.05) is 12.1 Å². The Kier molecular flexibility index (Phi) is 7.14. The third kappa shape index (κ3) is 5.62. The highest BCUT2D eigenvalue weighted by atomic mass is 19.4. The van der Waals surface area contributed by atoms with E-state index in [2.05, 4.69) is 21.6 Å². The molecule has 0 spiro atoms. The number of amides is 3. The number of alkyl halides is 3. The first-order valence-corrected chi connectivity index (χ1v) is 10.1. The summed E-state index contributed by atoms with van der Waals surface area (Å²) in [6.45, 7) is 5.38. The fraction of sp³-hybridized carbons (Fsp3) is 0.500. The molecule has 0 saturated carbocycles. The number of hydrogen-bond donors (Lipinski definition) is 3. The van der Waals surface area contributed by atoms with E-state index in [-0.39, 0.29) is 24.1 Å². The summed E-state index contributed by atoms with van der Waals surface area (Å²) >= 11 is 0. The van der Waals surface area contributed by atoms with Crippen LogP contribution in [0.2, 0.25) is 0 Å². The molecule has 3 heterocycles. The number of aliphatic carboxylic acids is 1. The van der Waals surface area contributed by atoms with Gasteiger partial charge in [-0.25, -0.2) is 4.79 Å². The summed E-state index contributed by atoms with van der Waals surface area (Å²) in [6, 6.07) is 5.42. The molecule has 12 heteroatoms. The van der Waals surface area contributed by atoms with Crippen LogP contribution < -0.4 is 10.6 Å². The van der Waals surface area contributed by atoms with Gasteiger partial charge in [0.05, 0.1) is 0 Å². The zero-order chi connectivity index (χ0) is 23.5. The molecule has 32 heavy (non-hydrogen) atoms. The highest BCUT2D eigenvalue weighted by molar-refractivity contribution is 6.05. The number of carboxylic acids is 1. The lowest BCUT2D eigenvalue weighted by Gasteiger charge is -2.29. The van der Waals surface area contributed by atoms with Crippen molar-refractivity contribution in [1.82, 2.24) is 20.4 Å². The van der Waals surface area contributed by atoms with Crippen LogP contribution in [0.3, 0.4) is 0 Å². The lowest BCUT2D eigenvalue weighted by molar-refractivity contribution is -0.192. The van der Waals surface area contributed by atoms with Crippen LogP contribution in [0.15, 0.2) is 18.2 Å². The van der Waals surface area contributed by atoms with Gasteiger partial charge in [-0.15, -0.1) is 0 Å². The lowest BCUT2D eigenvalue weighted by atomic mass is 10.0. The maximum Gasteiger partial charge on any atom is 0.490 e. The molecule has 3 amide bonds. The van der Waals surface area contributed by atoms with Gasteiger partial charge >= 0.3 is 12.1 Å². The van der Waals surface area contributed by atoms with Crippen LogP contribution in [0, 0.1) is 0 Å². The van der Waals surface area contributed by atoms with E-state index in [9.17, 15) is 27.6 Å². The minimum Gasteiger partial charge on any atom is -0.475 e. The van der Waals surface area contributed by atoms with Gasteiger partial charge in [0.1, 0.15) is 6.04 Å². The number of piperazine rings is 1. The van der Waals surface area contributed by atoms with E-state index < -0.39 is 18.2 Å². The Morgan fingerprint density at radius 2 is 1.81 bits per heavy atom. The lowest BCUT2D eigenvalue weighted by Crippen LogP contribution is -2.52. The first kappa shape index (κ1) is 23.7. The predicted molar refractivity (Wildman–Crippen MR) is 104 cm³/mol. The van der Waals surface area contributed by atoms with Crippen LogP contribution in [0.25, 0.3) is 0 Å². The second-order valence-corrected chi connectivity index (χ2v) is 7.72. The molecule has 2 fully saturated rings. The number of fused-ring (bicyclic) bond motifs is 1. The van der Waals surface area contributed by atoms with E-state index in [0.29, 0.717) is 18.5 Å². The molecule has 1 aromatic carbocycles. The Balaban J connectivity index is 0.000000360. The maximum atomic E-state index is 12.7. The van der Waals surface area contributed by atoms with Gasteiger partial charge in [0.25, 0.3) is 5.91 Å². The maximum absolute atomic E-state index is 12.7. The van der Waals surface area contributed by atoms with Crippen molar-refractivity contribution < 1.29 is 37.5 Å².